The SMILES string of the molecule is CC(=O)c1ccn(C(=O)N2C[C@H]3CC(Oc4ccccc4C4CCOCC4)C[C@H]3C2)n1. The summed E-state index contributed by atoms with van der Waals surface area (Å²) in [5.74, 6) is 2.29. The molecule has 1 aromatic heterocycles. The largest absolute Gasteiger partial charge is 0.490 e. The van der Waals surface area contributed by atoms with Gasteiger partial charge in [-0.15, -0.1) is 0 Å². The lowest BCUT2D eigenvalue weighted by Gasteiger charge is -2.26. The molecule has 1 amide bonds. The molecule has 2 aliphatic heterocycles. The molecule has 2 saturated heterocycles. The van der Waals surface area contributed by atoms with Gasteiger partial charge >= 0.3 is 6.03 Å². The monoisotopic (exact) mass is 423 g/mol. The Hall–Kier alpha value is -2.67. The molecule has 0 spiro atoms. The second-order valence-electron chi connectivity index (χ2n) is 9.05. The van der Waals surface area contributed by atoms with Gasteiger partial charge in [-0.2, -0.15) is 9.78 Å². The van der Waals surface area contributed by atoms with Gasteiger partial charge in [0.1, 0.15) is 11.4 Å². The molecule has 1 unspecified atom stereocenters. The molecule has 0 N–H and O–H groups in total. The average molecular weight is 424 g/mol. The molecule has 1 saturated carbocycles. The number of ketones is 1. The van der Waals surface area contributed by atoms with E-state index >= 15 is 0 Å². The van der Waals surface area contributed by atoms with Crippen LogP contribution in [0.2, 0.25) is 0 Å². The molecule has 1 aliphatic carbocycles. The number of carbonyl (C=O) groups is 2. The molecule has 7 heteroatoms. The first kappa shape index (κ1) is 20.2. The third-order valence-electron chi connectivity index (χ3n) is 7.00. The van der Waals surface area contributed by atoms with Gasteiger partial charge in [-0.3, -0.25) is 4.79 Å². The Labute approximate surface area is 182 Å². The predicted octanol–water partition coefficient (Wildman–Crippen LogP) is 3.74. The van der Waals surface area contributed by atoms with E-state index in [-0.39, 0.29) is 17.9 Å². The maximum absolute atomic E-state index is 12.8. The van der Waals surface area contributed by atoms with Crippen LogP contribution in [0.4, 0.5) is 4.79 Å². The maximum Gasteiger partial charge on any atom is 0.344 e. The first-order valence-electron chi connectivity index (χ1n) is 11.3. The number of para-hydroxylation sites is 1. The van der Waals surface area contributed by atoms with Crippen molar-refractivity contribution in [1.82, 2.24) is 14.7 Å². The molecule has 164 valence electrons. The van der Waals surface area contributed by atoms with Crippen molar-refractivity contribution in [2.75, 3.05) is 26.3 Å². The zero-order chi connectivity index (χ0) is 21.4. The van der Waals surface area contributed by atoms with Crippen LogP contribution in [0.5, 0.6) is 5.75 Å². The number of hydrogen-bond acceptors (Lipinski definition) is 5. The first-order chi connectivity index (χ1) is 15.1. The van der Waals surface area contributed by atoms with Crippen LogP contribution in [0.25, 0.3) is 0 Å². The summed E-state index contributed by atoms with van der Waals surface area (Å²) in [6.07, 6.45) is 5.80. The summed E-state index contributed by atoms with van der Waals surface area (Å²) in [6, 6.07) is 9.88. The third kappa shape index (κ3) is 4.11. The lowest BCUT2D eigenvalue weighted by Crippen LogP contribution is -2.34. The predicted molar refractivity (Wildman–Crippen MR) is 114 cm³/mol. The maximum atomic E-state index is 12.8. The Kier molecular flexibility index (Phi) is 5.52. The fourth-order valence-electron chi connectivity index (χ4n) is 5.37. The molecular weight excluding hydrogens is 394 g/mol. The summed E-state index contributed by atoms with van der Waals surface area (Å²) in [4.78, 5) is 26.1. The summed E-state index contributed by atoms with van der Waals surface area (Å²) in [7, 11) is 0. The van der Waals surface area contributed by atoms with Gasteiger partial charge in [0.25, 0.3) is 0 Å². The number of nitrogens with zero attached hydrogens (tertiary/aromatic N) is 3. The number of likely N-dealkylation sites (tertiary alicyclic amines) is 1. The number of hydrogen-bond donors (Lipinski definition) is 0. The Morgan fingerprint density at radius 1 is 1.06 bits per heavy atom. The standard InChI is InChI=1S/C24H29N3O4/c1-16(28)22-6-9-27(25-22)24(29)26-14-18-12-20(13-19(18)15-26)31-23-5-3-2-4-21(23)17-7-10-30-11-8-17/h2-6,9,17-20H,7-8,10-15H2,1H3/t18-,19+,20?. The average Bonchev–Trinajstić information content (AvgIpc) is 3.49. The highest BCUT2D eigenvalue weighted by atomic mass is 16.5. The van der Waals surface area contributed by atoms with Crippen LogP contribution >= 0.6 is 0 Å². The lowest BCUT2D eigenvalue weighted by molar-refractivity contribution is 0.0840. The summed E-state index contributed by atoms with van der Waals surface area (Å²) in [5.41, 5.74) is 1.63. The van der Waals surface area contributed by atoms with Crippen LogP contribution in [0.15, 0.2) is 36.5 Å². The summed E-state index contributed by atoms with van der Waals surface area (Å²) in [5, 5.41) is 4.12. The summed E-state index contributed by atoms with van der Waals surface area (Å²) in [6.45, 7) is 4.54. The number of benzene rings is 1. The topological polar surface area (TPSA) is 73.7 Å². The lowest BCUT2D eigenvalue weighted by atomic mass is 9.91. The van der Waals surface area contributed by atoms with Gasteiger partial charge in [0, 0.05) is 39.4 Å². The highest BCUT2D eigenvalue weighted by Gasteiger charge is 2.44. The summed E-state index contributed by atoms with van der Waals surface area (Å²) < 4.78 is 13.3. The highest BCUT2D eigenvalue weighted by Crippen LogP contribution is 2.41. The Bertz CT molecular complexity index is 951. The number of fused-ring (bicyclic) bond motifs is 1. The van der Waals surface area contributed by atoms with Crippen LogP contribution in [0.1, 0.15) is 54.6 Å². The Morgan fingerprint density at radius 2 is 1.77 bits per heavy atom. The number of carbonyl (C=O) groups excluding carboxylic acids is 2. The van der Waals surface area contributed by atoms with Crippen molar-refractivity contribution in [1.29, 1.82) is 0 Å². The van der Waals surface area contributed by atoms with Crippen molar-refractivity contribution in [3.05, 3.63) is 47.8 Å². The second-order valence-corrected chi connectivity index (χ2v) is 9.05. The summed E-state index contributed by atoms with van der Waals surface area (Å²) >= 11 is 0. The van der Waals surface area contributed by atoms with Gasteiger partial charge in [-0.1, -0.05) is 18.2 Å². The van der Waals surface area contributed by atoms with E-state index < -0.39 is 0 Å². The molecule has 3 fully saturated rings. The van der Waals surface area contributed by atoms with E-state index in [2.05, 4.69) is 23.3 Å². The fraction of sp³-hybridized carbons (Fsp3) is 0.542. The normalized spacial score (nSPS) is 26.1. The van der Waals surface area contributed by atoms with E-state index in [0.717, 1.165) is 57.7 Å². The van der Waals surface area contributed by atoms with E-state index in [0.29, 0.717) is 23.4 Å². The van der Waals surface area contributed by atoms with Crippen molar-refractivity contribution in [3.8, 4) is 5.75 Å². The van der Waals surface area contributed by atoms with Crippen LogP contribution < -0.4 is 4.74 Å². The molecule has 3 atom stereocenters. The molecule has 2 aromatic rings. The molecule has 3 aliphatic rings. The van der Waals surface area contributed by atoms with E-state index in [1.807, 2.05) is 11.0 Å². The number of amides is 1. The second kappa shape index (κ2) is 8.46. The fourth-order valence-corrected chi connectivity index (χ4v) is 5.37. The van der Waals surface area contributed by atoms with Crippen molar-refractivity contribution >= 4 is 11.8 Å². The minimum absolute atomic E-state index is 0.133. The van der Waals surface area contributed by atoms with E-state index in [4.69, 9.17) is 9.47 Å². The van der Waals surface area contributed by atoms with Gasteiger partial charge in [0.2, 0.25) is 0 Å². The minimum atomic E-state index is -0.149. The van der Waals surface area contributed by atoms with Crippen molar-refractivity contribution < 1.29 is 19.1 Å². The molecular formula is C24H29N3O4. The van der Waals surface area contributed by atoms with Crippen LogP contribution in [-0.2, 0) is 4.74 Å². The molecule has 7 nitrogen and oxygen atoms in total. The van der Waals surface area contributed by atoms with Gasteiger partial charge in [0.15, 0.2) is 5.78 Å². The minimum Gasteiger partial charge on any atom is -0.490 e. The molecule has 31 heavy (non-hydrogen) atoms. The Balaban J connectivity index is 1.20. The van der Waals surface area contributed by atoms with Crippen molar-refractivity contribution in [2.24, 2.45) is 11.8 Å². The van der Waals surface area contributed by atoms with Crippen molar-refractivity contribution in [3.63, 3.8) is 0 Å². The highest BCUT2D eigenvalue weighted by molar-refractivity contribution is 5.92. The Morgan fingerprint density at radius 3 is 2.45 bits per heavy atom. The molecule has 5 rings (SSSR count). The number of Topliss-reactive ketones (excluding diaryl/α,β-unsaturated/α-hetero) is 1. The first-order valence-corrected chi connectivity index (χ1v) is 11.3. The van der Waals surface area contributed by atoms with Gasteiger partial charge < -0.3 is 14.4 Å². The van der Waals surface area contributed by atoms with Gasteiger partial charge in [0.05, 0.1) is 6.10 Å². The number of rotatable bonds is 4. The van der Waals surface area contributed by atoms with Crippen LogP contribution in [0.3, 0.4) is 0 Å². The zero-order valence-corrected chi connectivity index (χ0v) is 17.9. The number of ether oxygens (including phenoxy) is 2. The molecule has 3 heterocycles. The van der Waals surface area contributed by atoms with Crippen molar-refractivity contribution in [2.45, 2.75) is 44.6 Å². The third-order valence-corrected chi connectivity index (χ3v) is 7.00. The quantitative estimate of drug-likeness (QED) is 0.701. The van der Waals surface area contributed by atoms with Crippen LogP contribution in [-0.4, -0.2) is 58.9 Å². The van der Waals surface area contributed by atoms with Crippen LogP contribution in [0, 0.1) is 11.8 Å². The smallest absolute Gasteiger partial charge is 0.344 e. The molecule has 1 aromatic carbocycles. The van der Waals surface area contributed by atoms with E-state index in [1.165, 1.54) is 17.2 Å². The molecule has 0 radical (unpaired) electrons. The van der Waals surface area contributed by atoms with Gasteiger partial charge in [-0.25, -0.2) is 4.79 Å². The van der Waals surface area contributed by atoms with Gasteiger partial charge in [-0.05, 0) is 61.1 Å². The molecule has 0 bridgehead atoms. The number of aromatic nitrogens is 2. The van der Waals surface area contributed by atoms with E-state index in [9.17, 15) is 9.59 Å². The zero-order valence-electron chi connectivity index (χ0n) is 17.9. The van der Waals surface area contributed by atoms with E-state index in [1.54, 1.807) is 12.3 Å².